The van der Waals surface area contributed by atoms with Gasteiger partial charge in [-0.1, -0.05) is 0 Å². The van der Waals surface area contributed by atoms with Crippen molar-refractivity contribution in [2.24, 2.45) is 0 Å². The molecule has 1 unspecified atom stereocenters. The van der Waals surface area contributed by atoms with Crippen molar-refractivity contribution >= 4 is 5.69 Å². The summed E-state index contributed by atoms with van der Waals surface area (Å²) in [5.74, 6) is -1.62. The highest BCUT2D eigenvalue weighted by molar-refractivity contribution is 5.43. The normalized spacial score (nSPS) is 18.6. The van der Waals surface area contributed by atoms with E-state index in [-0.39, 0.29) is 0 Å². The summed E-state index contributed by atoms with van der Waals surface area (Å²) in [5.41, 5.74) is 0.621. The topological polar surface area (TPSA) is 27.3 Å². The predicted molar refractivity (Wildman–Crippen MR) is 68.8 cm³/mol. The fraction of sp³-hybridized carbons (Fsp3) is 0.538. The van der Waals surface area contributed by atoms with E-state index in [1.807, 2.05) is 0 Å². The maximum absolute atomic E-state index is 13.0. The fourth-order valence-electron chi connectivity index (χ4n) is 2.12. The Kier molecular flexibility index (Phi) is 4.49. The lowest BCUT2D eigenvalue weighted by Gasteiger charge is -2.33. The highest BCUT2D eigenvalue weighted by Crippen LogP contribution is 2.13. The van der Waals surface area contributed by atoms with Crippen LogP contribution in [0.25, 0.3) is 0 Å². The van der Waals surface area contributed by atoms with Gasteiger partial charge in [-0.05, 0) is 25.1 Å². The SMILES string of the molecule is CC(CNc1ccc(F)c(F)c1)N1CCNCC1. The van der Waals surface area contributed by atoms with Crippen molar-refractivity contribution in [2.75, 3.05) is 38.0 Å². The van der Waals surface area contributed by atoms with Crippen molar-refractivity contribution in [3.8, 4) is 0 Å². The van der Waals surface area contributed by atoms with E-state index in [0.717, 1.165) is 38.8 Å². The lowest BCUT2D eigenvalue weighted by Crippen LogP contribution is -2.49. The number of anilines is 1. The smallest absolute Gasteiger partial charge is 0.160 e. The Morgan fingerprint density at radius 3 is 2.67 bits per heavy atom. The molecule has 2 N–H and O–H groups in total. The molecule has 1 fully saturated rings. The van der Waals surface area contributed by atoms with Crippen molar-refractivity contribution < 1.29 is 8.78 Å². The summed E-state index contributed by atoms with van der Waals surface area (Å²) in [6.45, 7) is 6.94. The zero-order chi connectivity index (χ0) is 13.0. The molecular formula is C13H19F2N3. The molecule has 1 saturated heterocycles. The molecule has 0 spiro atoms. The van der Waals surface area contributed by atoms with Gasteiger partial charge in [0, 0.05) is 44.5 Å². The fourth-order valence-corrected chi connectivity index (χ4v) is 2.12. The maximum atomic E-state index is 13.0. The van der Waals surface area contributed by atoms with Crippen molar-refractivity contribution in [2.45, 2.75) is 13.0 Å². The average Bonchev–Trinajstić information content (AvgIpc) is 2.41. The first-order chi connectivity index (χ1) is 8.66. The molecule has 0 radical (unpaired) electrons. The van der Waals surface area contributed by atoms with Crippen molar-refractivity contribution in [1.82, 2.24) is 10.2 Å². The molecule has 0 amide bonds. The zero-order valence-corrected chi connectivity index (χ0v) is 10.5. The summed E-state index contributed by atoms with van der Waals surface area (Å²) in [4.78, 5) is 2.38. The molecule has 5 heteroatoms. The summed E-state index contributed by atoms with van der Waals surface area (Å²) in [7, 11) is 0. The van der Waals surface area contributed by atoms with Crippen LogP contribution >= 0.6 is 0 Å². The van der Waals surface area contributed by atoms with Crippen LogP contribution in [0, 0.1) is 11.6 Å². The summed E-state index contributed by atoms with van der Waals surface area (Å²) in [5, 5.41) is 6.44. The van der Waals surface area contributed by atoms with Crippen LogP contribution in [0.2, 0.25) is 0 Å². The van der Waals surface area contributed by atoms with E-state index in [1.54, 1.807) is 6.07 Å². The minimum Gasteiger partial charge on any atom is -0.383 e. The van der Waals surface area contributed by atoms with Gasteiger partial charge in [0.25, 0.3) is 0 Å². The Morgan fingerprint density at radius 1 is 1.28 bits per heavy atom. The highest BCUT2D eigenvalue weighted by atomic mass is 19.2. The summed E-state index contributed by atoms with van der Waals surface area (Å²) in [6.07, 6.45) is 0. The van der Waals surface area contributed by atoms with E-state index < -0.39 is 11.6 Å². The van der Waals surface area contributed by atoms with Gasteiger partial charge in [-0.3, -0.25) is 4.90 Å². The lowest BCUT2D eigenvalue weighted by molar-refractivity contribution is 0.191. The third-order valence-electron chi connectivity index (χ3n) is 3.30. The lowest BCUT2D eigenvalue weighted by atomic mass is 10.2. The van der Waals surface area contributed by atoms with Crippen LogP contribution in [0.5, 0.6) is 0 Å². The van der Waals surface area contributed by atoms with Crippen LogP contribution in [-0.2, 0) is 0 Å². The quantitative estimate of drug-likeness (QED) is 0.857. The third-order valence-corrected chi connectivity index (χ3v) is 3.30. The Balaban J connectivity index is 1.84. The number of halogens is 2. The molecule has 1 aromatic rings. The minimum atomic E-state index is -0.810. The van der Waals surface area contributed by atoms with Gasteiger partial charge in [0.2, 0.25) is 0 Å². The van der Waals surface area contributed by atoms with E-state index in [4.69, 9.17) is 0 Å². The third kappa shape index (κ3) is 3.40. The van der Waals surface area contributed by atoms with Gasteiger partial charge in [-0.25, -0.2) is 8.78 Å². The molecular weight excluding hydrogens is 236 g/mol. The van der Waals surface area contributed by atoms with Gasteiger partial charge in [0.1, 0.15) is 0 Å². The average molecular weight is 255 g/mol. The van der Waals surface area contributed by atoms with Crippen LogP contribution in [0.15, 0.2) is 18.2 Å². The van der Waals surface area contributed by atoms with Crippen molar-refractivity contribution in [3.05, 3.63) is 29.8 Å². The van der Waals surface area contributed by atoms with Gasteiger partial charge >= 0.3 is 0 Å². The Bertz CT molecular complexity index is 392. The minimum absolute atomic E-state index is 0.375. The van der Waals surface area contributed by atoms with Crippen LogP contribution < -0.4 is 10.6 Å². The maximum Gasteiger partial charge on any atom is 0.160 e. The first-order valence-electron chi connectivity index (χ1n) is 6.30. The molecule has 3 nitrogen and oxygen atoms in total. The van der Waals surface area contributed by atoms with Crippen LogP contribution in [0.1, 0.15) is 6.92 Å². The molecule has 1 aliphatic rings. The van der Waals surface area contributed by atoms with E-state index >= 15 is 0 Å². The van der Waals surface area contributed by atoms with Crippen LogP contribution in [0.3, 0.4) is 0 Å². The van der Waals surface area contributed by atoms with Gasteiger partial charge in [0.05, 0.1) is 0 Å². The predicted octanol–water partition coefficient (Wildman–Crippen LogP) is 1.67. The molecule has 0 aromatic heterocycles. The monoisotopic (exact) mass is 255 g/mol. The largest absolute Gasteiger partial charge is 0.383 e. The van der Waals surface area contributed by atoms with Crippen molar-refractivity contribution in [1.29, 1.82) is 0 Å². The number of rotatable bonds is 4. The first-order valence-corrected chi connectivity index (χ1v) is 6.30. The van der Waals surface area contributed by atoms with E-state index in [0.29, 0.717) is 11.7 Å². The van der Waals surface area contributed by atoms with E-state index in [9.17, 15) is 8.78 Å². The van der Waals surface area contributed by atoms with E-state index in [1.165, 1.54) is 6.07 Å². The molecule has 18 heavy (non-hydrogen) atoms. The summed E-state index contributed by atoms with van der Waals surface area (Å²) in [6, 6.07) is 4.27. The molecule has 100 valence electrons. The molecule has 1 heterocycles. The number of benzene rings is 1. The molecule has 1 atom stereocenters. The second-order valence-corrected chi connectivity index (χ2v) is 4.64. The summed E-state index contributed by atoms with van der Waals surface area (Å²) < 4.78 is 25.8. The second kappa shape index (κ2) is 6.11. The number of piperazine rings is 1. The van der Waals surface area contributed by atoms with Crippen LogP contribution in [-0.4, -0.2) is 43.7 Å². The Hall–Kier alpha value is -1.20. The van der Waals surface area contributed by atoms with Crippen LogP contribution in [0.4, 0.5) is 14.5 Å². The number of hydrogen-bond acceptors (Lipinski definition) is 3. The standard InChI is InChI=1S/C13H19F2N3/c1-10(18-6-4-16-5-7-18)9-17-11-2-3-12(14)13(15)8-11/h2-3,8,10,16-17H,4-7,9H2,1H3. The molecule has 0 saturated carbocycles. The van der Waals surface area contributed by atoms with Gasteiger partial charge < -0.3 is 10.6 Å². The van der Waals surface area contributed by atoms with E-state index in [2.05, 4.69) is 22.5 Å². The Morgan fingerprint density at radius 2 is 2.00 bits per heavy atom. The Labute approximate surface area is 106 Å². The first kappa shape index (κ1) is 13.2. The number of hydrogen-bond donors (Lipinski definition) is 2. The van der Waals surface area contributed by atoms with Gasteiger partial charge in [-0.2, -0.15) is 0 Å². The van der Waals surface area contributed by atoms with Gasteiger partial charge in [0.15, 0.2) is 11.6 Å². The van der Waals surface area contributed by atoms with Crippen molar-refractivity contribution in [3.63, 3.8) is 0 Å². The molecule has 0 bridgehead atoms. The molecule has 1 aliphatic heterocycles. The molecule has 0 aliphatic carbocycles. The molecule has 1 aromatic carbocycles. The number of nitrogens with one attached hydrogen (secondary N) is 2. The zero-order valence-electron chi connectivity index (χ0n) is 10.5. The van der Waals surface area contributed by atoms with Gasteiger partial charge in [-0.15, -0.1) is 0 Å². The highest BCUT2D eigenvalue weighted by Gasteiger charge is 2.15. The molecule has 2 rings (SSSR count). The summed E-state index contributed by atoms with van der Waals surface area (Å²) >= 11 is 0. The second-order valence-electron chi connectivity index (χ2n) is 4.64. The number of nitrogens with zero attached hydrogens (tertiary/aromatic N) is 1.